The molecule has 2 N–H and O–H groups in total. The fraction of sp³-hybridized carbons (Fsp3) is 0.571. The van der Waals surface area contributed by atoms with Crippen LogP contribution in [0.5, 0.6) is 0 Å². The van der Waals surface area contributed by atoms with Gasteiger partial charge in [-0.05, 0) is 30.9 Å². The number of hydrogen-bond acceptors (Lipinski definition) is 3. The van der Waals surface area contributed by atoms with Crippen LogP contribution in [-0.4, -0.2) is 30.3 Å². The van der Waals surface area contributed by atoms with Crippen LogP contribution in [0.4, 0.5) is 10.1 Å². The van der Waals surface area contributed by atoms with Crippen LogP contribution in [0, 0.1) is 5.82 Å². The SMILES string of the molecule is OC1CCN(c2c(F)cccc2CNC2CC2)C1. The molecule has 2 aliphatic rings. The second-order valence-corrected chi connectivity index (χ2v) is 5.29. The van der Waals surface area contributed by atoms with Crippen LogP contribution in [0.15, 0.2) is 18.2 Å². The molecule has 1 aromatic carbocycles. The summed E-state index contributed by atoms with van der Waals surface area (Å²) in [5.41, 5.74) is 1.67. The minimum absolute atomic E-state index is 0.181. The standard InChI is InChI=1S/C14H19FN2O/c15-13-3-1-2-10(8-16-11-4-5-11)14(13)17-7-6-12(18)9-17/h1-3,11-12,16,18H,4-9H2. The van der Waals surface area contributed by atoms with Crippen molar-refractivity contribution in [2.75, 3.05) is 18.0 Å². The van der Waals surface area contributed by atoms with E-state index in [0.717, 1.165) is 18.5 Å². The summed E-state index contributed by atoms with van der Waals surface area (Å²) >= 11 is 0. The Hall–Kier alpha value is -1.13. The van der Waals surface area contributed by atoms with Crippen molar-refractivity contribution in [3.05, 3.63) is 29.6 Å². The van der Waals surface area contributed by atoms with E-state index in [1.807, 2.05) is 11.0 Å². The number of hydrogen-bond donors (Lipinski definition) is 2. The molecule has 1 unspecified atom stereocenters. The van der Waals surface area contributed by atoms with Gasteiger partial charge < -0.3 is 15.3 Å². The van der Waals surface area contributed by atoms with Crippen molar-refractivity contribution in [1.82, 2.24) is 5.32 Å². The first-order valence-corrected chi connectivity index (χ1v) is 6.68. The van der Waals surface area contributed by atoms with Gasteiger partial charge in [0.1, 0.15) is 5.82 Å². The van der Waals surface area contributed by atoms with E-state index in [-0.39, 0.29) is 11.9 Å². The lowest BCUT2D eigenvalue weighted by Crippen LogP contribution is -2.25. The maximum atomic E-state index is 14.0. The van der Waals surface area contributed by atoms with Gasteiger partial charge in [-0.1, -0.05) is 12.1 Å². The lowest BCUT2D eigenvalue weighted by molar-refractivity contribution is 0.198. The number of aliphatic hydroxyl groups is 1. The second-order valence-electron chi connectivity index (χ2n) is 5.29. The smallest absolute Gasteiger partial charge is 0.146 e. The summed E-state index contributed by atoms with van der Waals surface area (Å²) < 4.78 is 14.0. The Morgan fingerprint density at radius 1 is 1.33 bits per heavy atom. The number of rotatable bonds is 4. The molecule has 1 heterocycles. The first-order valence-electron chi connectivity index (χ1n) is 6.68. The molecule has 3 nitrogen and oxygen atoms in total. The van der Waals surface area contributed by atoms with Gasteiger partial charge in [-0.15, -0.1) is 0 Å². The maximum absolute atomic E-state index is 14.0. The zero-order valence-electron chi connectivity index (χ0n) is 10.4. The number of anilines is 1. The van der Waals surface area contributed by atoms with Gasteiger partial charge in [-0.2, -0.15) is 0 Å². The van der Waals surface area contributed by atoms with E-state index >= 15 is 0 Å². The van der Waals surface area contributed by atoms with Crippen molar-refractivity contribution in [2.24, 2.45) is 0 Å². The summed E-state index contributed by atoms with van der Waals surface area (Å²) in [6.45, 7) is 1.99. The van der Waals surface area contributed by atoms with Crippen molar-refractivity contribution in [3.63, 3.8) is 0 Å². The molecule has 0 spiro atoms. The molecular weight excluding hydrogens is 231 g/mol. The quantitative estimate of drug-likeness (QED) is 0.853. The number of nitrogens with zero attached hydrogens (tertiary/aromatic N) is 1. The Morgan fingerprint density at radius 3 is 2.83 bits per heavy atom. The molecule has 0 radical (unpaired) electrons. The summed E-state index contributed by atoms with van der Waals surface area (Å²) in [7, 11) is 0. The van der Waals surface area contributed by atoms with E-state index in [4.69, 9.17) is 0 Å². The third-order valence-electron chi connectivity index (χ3n) is 3.71. The minimum atomic E-state index is -0.325. The molecule has 3 rings (SSSR count). The molecule has 0 bridgehead atoms. The molecule has 2 fully saturated rings. The van der Waals surface area contributed by atoms with Gasteiger partial charge in [-0.25, -0.2) is 4.39 Å². The Bertz CT molecular complexity index is 434. The van der Waals surface area contributed by atoms with Gasteiger partial charge in [0.15, 0.2) is 0 Å². The summed E-state index contributed by atoms with van der Waals surface area (Å²) in [6, 6.07) is 5.85. The van der Waals surface area contributed by atoms with Crippen molar-refractivity contribution in [2.45, 2.75) is 38.0 Å². The number of benzene rings is 1. The normalized spacial score (nSPS) is 23.7. The number of para-hydroxylation sites is 1. The summed E-state index contributed by atoms with van der Waals surface area (Å²) in [6.07, 6.45) is 2.86. The van der Waals surface area contributed by atoms with E-state index in [1.54, 1.807) is 6.07 Å². The maximum Gasteiger partial charge on any atom is 0.146 e. The van der Waals surface area contributed by atoms with Gasteiger partial charge in [-0.3, -0.25) is 0 Å². The predicted octanol–water partition coefficient (Wildman–Crippen LogP) is 1.65. The topological polar surface area (TPSA) is 35.5 Å². The zero-order valence-corrected chi connectivity index (χ0v) is 10.4. The van der Waals surface area contributed by atoms with Gasteiger partial charge in [0.05, 0.1) is 11.8 Å². The Labute approximate surface area is 107 Å². The molecular formula is C14H19FN2O. The fourth-order valence-electron chi connectivity index (χ4n) is 2.54. The second kappa shape index (κ2) is 4.86. The third-order valence-corrected chi connectivity index (χ3v) is 3.71. The Balaban J connectivity index is 1.80. The summed E-state index contributed by atoms with van der Waals surface area (Å²) in [4.78, 5) is 1.96. The van der Waals surface area contributed by atoms with Gasteiger partial charge in [0, 0.05) is 25.7 Å². The Kier molecular flexibility index (Phi) is 3.22. The molecule has 1 saturated carbocycles. The predicted molar refractivity (Wildman–Crippen MR) is 69.1 cm³/mol. The number of nitrogens with one attached hydrogen (secondary N) is 1. The van der Waals surface area contributed by atoms with E-state index in [1.165, 1.54) is 18.9 Å². The van der Waals surface area contributed by atoms with Crippen LogP contribution in [0.3, 0.4) is 0 Å². The number of aliphatic hydroxyl groups excluding tert-OH is 1. The van der Waals surface area contributed by atoms with Crippen LogP contribution in [0.25, 0.3) is 0 Å². The first-order chi connectivity index (χ1) is 8.74. The summed E-state index contributed by atoms with van der Waals surface area (Å²) in [5, 5.41) is 13.0. The first kappa shape index (κ1) is 11.9. The molecule has 18 heavy (non-hydrogen) atoms. The average molecular weight is 250 g/mol. The summed E-state index contributed by atoms with van der Waals surface area (Å²) in [5.74, 6) is -0.181. The molecule has 1 aromatic rings. The highest BCUT2D eigenvalue weighted by Crippen LogP contribution is 2.29. The molecule has 0 aromatic heterocycles. The van der Waals surface area contributed by atoms with Gasteiger partial charge >= 0.3 is 0 Å². The molecule has 4 heteroatoms. The van der Waals surface area contributed by atoms with Crippen LogP contribution in [0.2, 0.25) is 0 Å². The van der Waals surface area contributed by atoms with Crippen LogP contribution in [0.1, 0.15) is 24.8 Å². The monoisotopic (exact) mass is 250 g/mol. The van der Waals surface area contributed by atoms with Gasteiger partial charge in [0.2, 0.25) is 0 Å². The number of halogens is 1. The number of β-amino-alcohol motifs (C(OH)–C–C–N with tert-alkyl or cyclic N) is 1. The third kappa shape index (κ3) is 2.49. The van der Waals surface area contributed by atoms with Crippen LogP contribution in [-0.2, 0) is 6.54 Å². The van der Waals surface area contributed by atoms with Crippen LogP contribution < -0.4 is 10.2 Å². The molecule has 1 aliphatic carbocycles. The molecule has 0 amide bonds. The highest BCUT2D eigenvalue weighted by molar-refractivity contribution is 5.55. The van der Waals surface area contributed by atoms with E-state index in [9.17, 15) is 9.50 Å². The van der Waals surface area contributed by atoms with Gasteiger partial charge in [0.25, 0.3) is 0 Å². The van der Waals surface area contributed by atoms with Crippen LogP contribution >= 0.6 is 0 Å². The lowest BCUT2D eigenvalue weighted by Gasteiger charge is -2.22. The van der Waals surface area contributed by atoms with E-state index in [0.29, 0.717) is 24.8 Å². The largest absolute Gasteiger partial charge is 0.391 e. The Morgan fingerprint density at radius 2 is 2.17 bits per heavy atom. The fourth-order valence-corrected chi connectivity index (χ4v) is 2.54. The minimum Gasteiger partial charge on any atom is -0.391 e. The van der Waals surface area contributed by atoms with Crippen molar-refractivity contribution < 1.29 is 9.50 Å². The lowest BCUT2D eigenvalue weighted by atomic mass is 10.1. The van der Waals surface area contributed by atoms with Crippen molar-refractivity contribution in [1.29, 1.82) is 0 Å². The average Bonchev–Trinajstić information content (AvgIpc) is 3.09. The van der Waals surface area contributed by atoms with E-state index in [2.05, 4.69) is 5.32 Å². The molecule has 1 aliphatic heterocycles. The van der Waals surface area contributed by atoms with E-state index < -0.39 is 0 Å². The van der Waals surface area contributed by atoms with Crippen molar-refractivity contribution in [3.8, 4) is 0 Å². The highest BCUT2D eigenvalue weighted by atomic mass is 19.1. The van der Waals surface area contributed by atoms with Crippen molar-refractivity contribution >= 4 is 5.69 Å². The molecule has 1 saturated heterocycles. The highest BCUT2D eigenvalue weighted by Gasteiger charge is 2.26. The zero-order chi connectivity index (χ0) is 12.5. The molecule has 1 atom stereocenters. The molecule has 98 valence electrons.